The molecule has 0 saturated heterocycles. The first-order chi connectivity index (χ1) is 8.52. The van der Waals surface area contributed by atoms with Crippen LogP contribution in [0.25, 0.3) is 0 Å². The van der Waals surface area contributed by atoms with Gasteiger partial charge in [-0.3, -0.25) is 4.79 Å². The van der Waals surface area contributed by atoms with Gasteiger partial charge in [0.1, 0.15) is 6.61 Å². The Bertz CT molecular complexity index is 448. The summed E-state index contributed by atoms with van der Waals surface area (Å²) in [6.07, 6.45) is 0. The fourth-order valence-corrected chi connectivity index (χ4v) is 1.37. The maximum Gasteiger partial charge on any atom is 0.337 e. The van der Waals surface area contributed by atoms with E-state index >= 15 is 0 Å². The third kappa shape index (κ3) is 3.95. The van der Waals surface area contributed by atoms with Crippen LogP contribution in [0.15, 0.2) is 18.2 Å². The molecule has 0 atom stereocenters. The Balaban J connectivity index is 2.56. The van der Waals surface area contributed by atoms with Crippen LogP contribution in [0.1, 0.15) is 10.4 Å². The van der Waals surface area contributed by atoms with E-state index in [1.165, 1.54) is 6.07 Å². The topological polar surface area (TPSA) is 128 Å². The van der Waals surface area contributed by atoms with Crippen LogP contribution < -0.4 is 16.8 Å². The standard InChI is InChI=1S/C11H15N3O4/c12-8-3-1-2-7(11(16)17)10(8)14-4-5-18-6-9(13)15/h1-3,14H,4-6,12H2,(H2,13,15)(H,16,17). The largest absolute Gasteiger partial charge is 0.478 e. The molecule has 1 aromatic carbocycles. The fraction of sp³-hybridized carbons (Fsp3) is 0.273. The monoisotopic (exact) mass is 253 g/mol. The van der Waals surface area contributed by atoms with Gasteiger partial charge in [-0.25, -0.2) is 4.79 Å². The van der Waals surface area contributed by atoms with Crippen LogP contribution in [0.4, 0.5) is 11.4 Å². The van der Waals surface area contributed by atoms with Gasteiger partial charge >= 0.3 is 5.97 Å². The number of carboxylic acid groups (broad SMARTS) is 1. The molecule has 0 fully saturated rings. The van der Waals surface area contributed by atoms with Crippen molar-refractivity contribution in [3.05, 3.63) is 23.8 Å². The average molecular weight is 253 g/mol. The summed E-state index contributed by atoms with van der Waals surface area (Å²) < 4.78 is 4.93. The molecule has 1 amide bonds. The van der Waals surface area contributed by atoms with Gasteiger partial charge in [0.25, 0.3) is 0 Å². The number of nitrogens with two attached hydrogens (primary N) is 2. The van der Waals surface area contributed by atoms with Crippen LogP contribution in [-0.2, 0) is 9.53 Å². The lowest BCUT2D eigenvalue weighted by molar-refractivity contribution is -0.122. The zero-order valence-electron chi connectivity index (χ0n) is 9.68. The highest BCUT2D eigenvalue weighted by atomic mass is 16.5. The molecule has 0 saturated carbocycles. The number of hydrogen-bond donors (Lipinski definition) is 4. The summed E-state index contributed by atoms with van der Waals surface area (Å²) in [4.78, 5) is 21.4. The van der Waals surface area contributed by atoms with E-state index in [4.69, 9.17) is 21.3 Å². The molecule has 0 aromatic heterocycles. The zero-order chi connectivity index (χ0) is 13.5. The van der Waals surface area contributed by atoms with E-state index in [0.717, 1.165) is 0 Å². The molecule has 1 rings (SSSR count). The molecule has 0 aliphatic heterocycles. The number of benzene rings is 1. The number of aromatic carboxylic acids is 1. The third-order valence-electron chi connectivity index (χ3n) is 2.12. The van der Waals surface area contributed by atoms with Crippen LogP contribution in [-0.4, -0.2) is 36.7 Å². The number of carboxylic acids is 1. The number of anilines is 2. The highest BCUT2D eigenvalue weighted by molar-refractivity contribution is 5.97. The lowest BCUT2D eigenvalue weighted by Crippen LogP contribution is -2.21. The minimum atomic E-state index is -1.07. The first-order valence-electron chi connectivity index (χ1n) is 5.24. The number of nitrogens with one attached hydrogen (secondary N) is 1. The third-order valence-corrected chi connectivity index (χ3v) is 2.12. The second kappa shape index (κ2) is 6.45. The van der Waals surface area contributed by atoms with E-state index in [-0.39, 0.29) is 18.8 Å². The van der Waals surface area contributed by atoms with E-state index in [1.807, 2.05) is 0 Å². The van der Waals surface area contributed by atoms with Gasteiger partial charge in [-0.05, 0) is 12.1 Å². The van der Waals surface area contributed by atoms with Crippen LogP contribution in [0.3, 0.4) is 0 Å². The van der Waals surface area contributed by atoms with Crippen LogP contribution in [0.2, 0.25) is 0 Å². The first kappa shape index (κ1) is 13.8. The Hall–Kier alpha value is -2.28. The molecule has 0 aliphatic rings. The Morgan fingerprint density at radius 3 is 2.72 bits per heavy atom. The molecule has 0 radical (unpaired) electrons. The minimum Gasteiger partial charge on any atom is -0.478 e. The summed E-state index contributed by atoms with van der Waals surface area (Å²) in [5, 5.41) is 11.8. The number of primary amides is 1. The summed E-state index contributed by atoms with van der Waals surface area (Å²) >= 11 is 0. The Morgan fingerprint density at radius 2 is 2.11 bits per heavy atom. The predicted molar refractivity (Wildman–Crippen MR) is 66.3 cm³/mol. The second-order valence-corrected chi connectivity index (χ2v) is 3.52. The van der Waals surface area contributed by atoms with Crippen LogP contribution in [0, 0.1) is 0 Å². The van der Waals surface area contributed by atoms with Gasteiger partial charge in [0, 0.05) is 6.54 Å². The first-order valence-corrected chi connectivity index (χ1v) is 5.24. The normalized spacial score (nSPS) is 10.0. The van der Waals surface area contributed by atoms with E-state index < -0.39 is 11.9 Å². The van der Waals surface area contributed by atoms with Crippen molar-refractivity contribution in [3.63, 3.8) is 0 Å². The minimum absolute atomic E-state index is 0.0879. The lowest BCUT2D eigenvalue weighted by atomic mass is 10.1. The predicted octanol–water partition coefficient (Wildman–Crippen LogP) is -0.119. The molecule has 7 nitrogen and oxygen atoms in total. The fourth-order valence-electron chi connectivity index (χ4n) is 1.37. The number of rotatable bonds is 7. The number of amides is 1. The number of carbonyl (C=O) groups is 2. The number of hydrogen-bond acceptors (Lipinski definition) is 5. The summed E-state index contributed by atoms with van der Waals surface area (Å²) in [6.45, 7) is 0.371. The van der Waals surface area contributed by atoms with Crippen molar-refractivity contribution in [1.82, 2.24) is 0 Å². The summed E-state index contributed by atoms with van der Waals surface area (Å²) in [5.74, 6) is -1.62. The molecule has 0 heterocycles. The van der Waals surface area contributed by atoms with Gasteiger partial charge in [-0.15, -0.1) is 0 Å². The molecule has 0 unspecified atom stereocenters. The SMILES string of the molecule is NC(=O)COCCNc1c(N)cccc1C(=O)O. The summed E-state index contributed by atoms with van der Waals surface area (Å²) in [7, 11) is 0. The Morgan fingerprint density at radius 1 is 1.39 bits per heavy atom. The van der Waals surface area contributed by atoms with Gasteiger partial charge in [-0.1, -0.05) is 6.07 Å². The maximum atomic E-state index is 11.0. The van der Waals surface area contributed by atoms with Crippen molar-refractivity contribution in [3.8, 4) is 0 Å². The molecule has 0 spiro atoms. The van der Waals surface area contributed by atoms with Crippen molar-refractivity contribution in [2.45, 2.75) is 0 Å². The van der Waals surface area contributed by atoms with Crippen molar-refractivity contribution < 1.29 is 19.4 Å². The maximum absolute atomic E-state index is 11.0. The van der Waals surface area contributed by atoms with Gasteiger partial charge < -0.3 is 26.6 Å². The van der Waals surface area contributed by atoms with Crippen molar-refractivity contribution in [2.24, 2.45) is 5.73 Å². The lowest BCUT2D eigenvalue weighted by Gasteiger charge is -2.12. The molecule has 6 N–H and O–H groups in total. The van der Waals surface area contributed by atoms with Crippen molar-refractivity contribution in [1.29, 1.82) is 0 Å². The number of nitrogen functional groups attached to an aromatic ring is 1. The zero-order valence-corrected chi connectivity index (χ0v) is 9.68. The Labute approximate surface area is 104 Å². The molecule has 98 valence electrons. The number of ether oxygens (including phenoxy) is 1. The van der Waals surface area contributed by atoms with E-state index in [0.29, 0.717) is 17.9 Å². The van der Waals surface area contributed by atoms with Gasteiger partial charge in [0.2, 0.25) is 5.91 Å². The number of para-hydroxylation sites is 1. The average Bonchev–Trinajstić information content (AvgIpc) is 2.29. The molecule has 0 bridgehead atoms. The van der Waals surface area contributed by atoms with Gasteiger partial charge in [0.15, 0.2) is 0 Å². The van der Waals surface area contributed by atoms with Crippen LogP contribution >= 0.6 is 0 Å². The number of carbonyl (C=O) groups excluding carboxylic acids is 1. The molecule has 1 aromatic rings. The highest BCUT2D eigenvalue weighted by Gasteiger charge is 2.11. The summed E-state index contributed by atoms with van der Waals surface area (Å²) in [5.41, 5.74) is 11.3. The summed E-state index contributed by atoms with van der Waals surface area (Å²) in [6, 6.07) is 4.61. The smallest absolute Gasteiger partial charge is 0.337 e. The molecular formula is C11H15N3O4. The van der Waals surface area contributed by atoms with Gasteiger partial charge in [-0.2, -0.15) is 0 Å². The van der Waals surface area contributed by atoms with E-state index in [9.17, 15) is 9.59 Å². The molecular weight excluding hydrogens is 238 g/mol. The quantitative estimate of drug-likeness (QED) is 0.396. The molecule has 7 heteroatoms. The van der Waals surface area contributed by atoms with Crippen molar-refractivity contribution >= 4 is 23.3 Å². The molecule has 0 aliphatic carbocycles. The van der Waals surface area contributed by atoms with Crippen molar-refractivity contribution in [2.75, 3.05) is 30.8 Å². The Kier molecular flexibility index (Phi) is 4.94. The molecule has 18 heavy (non-hydrogen) atoms. The second-order valence-electron chi connectivity index (χ2n) is 3.52. The van der Waals surface area contributed by atoms with E-state index in [2.05, 4.69) is 5.32 Å². The van der Waals surface area contributed by atoms with Gasteiger partial charge in [0.05, 0.1) is 23.5 Å². The highest BCUT2D eigenvalue weighted by Crippen LogP contribution is 2.23. The van der Waals surface area contributed by atoms with Crippen LogP contribution in [0.5, 0.6) is 0 Å². The van der Waals surface area contributed by atoms with E-state index in [1.54, 1.807) is 12.1 Å².